The van der Waals surface area contributed by atoms with Crippen LogP contribution in [0.4, 0.5) is 0 Å². The summed E-state index contributed by atoms with van der Waals surface area (Å²) in [6.07, 6.45) is 11.2. The molecule has 0 aliphatic heterocycles. The molecule has 3 heteroatoms. The highest BCUT2D eigenvalue weighted by molar-refractivity contribution is 5.24. The maximum absolute atomic E-state index is 4.36. The second-order valence-corrected chi connectivity index (χ2v) is 4.43. The largest absolute Gasteiger partial charge is 0.310 e. The maximum atomic E-state index is 4.36. The second kappa shape index (κ2) is 5.30. The van der Waals surface area contributed by atoms with E-state index in [1.807, 2.05) is 17.9 Å². The van der Waals surface area contributed by atoms with Crippen molar-refractivity contribution in [3.8, 4) is 0 Å². The van der Waals surface area contributed by atoms with Crippen molar-refractivity contribution in [3.63, 3.8) is 0 Å². The number of aromatic nitrogens is 2. The van der Waals surface area contributed by atoms with Gasteiger partial charge in [0.1, 0.15) is 0 Å². The monoisotopic (exact) mass is 219 g/mol. The minimum absolute atomic E-state index is 0.516. The average Bonchev–Trinajstić information content (AvgIpc) is 2.68. The SMILES string of the molecule is C/C=C/CCNC1CCCc2c1cnn2C. The van der Waals surface area contributed by atoms with E-state index < -0.39 is 0 Å². The van der Waals surface area contributed by atoms with E-state index in [4.69, 9.17) is 0 Å². The lowest BCUT2D eigenvalue weighted by molar-refractivity contribution is 0.457. The summed E-state index contributed by atoms with van der Waals surface area (Å²) in [6.45, 7) is 3.13. The molecule has 0 radical (unpaired) electrons. The zero-order valence-electron chi connectivity index (χ0n) is 10.2. The molecule has 1 atom stereocenters. The Labute approximate surface area is 97.5 Å². The zero-order valence-corrected chi connectivity index (χ0v) is 10.2. The summed E-state index contributed by atoms with van der Waals surface area (Å²) in [4.78, 5) is 0. The molecule has 1 heterocycles. The summed E-state index contributed by atoms with van der Waals surface area (Å²) in [6, 6.07) is 0.516. The molecule has 0 fully saturated rings. The first-order chi connectivity index (χ1) is 7.83. The number of nitrogens with zero attached hydrogens (tertiary/aromatic N) is 2. The molecule has 0 spiro atoms. The van der Waals surface area contributed by atoms with Gasteiger partial charge in [-0.2, -0.15) is 5.10 Å². The molecular formula is C13H21N3. The third-order valence-electron chi connectivity index (χ3n) is 3.31. The lowest BCUT2D eigenvalue weighted by Gasteiger charge is -2.23. The van der Waals surface area contributed by atoms with Crippen LogP contribution in [0.15, 0.2) is 18.3 Å². The van der Waals surface area contributed by atoms with Gasteiger partial charge in [0.15, 0.2) is 0 Å². The Morgan fingerprint density at radius 3 is 3.31 bits per heavy atom. The fourth-order valence-electron chi connectivity index (χ4n) is 2.43. The molecule has 1 aromatic heterocycles. The smallest absolute Gasteiger partial charge is 0.0540 e. The van der Waals surface area contributed by atoms with Gasteiger partial charge in [-0.05, 0) is 39.2 Å². The number of rotatable bonds is 4. The normalized spacial score (nSPS) is 20.2. The molecule has 3 nitrogen and oxygen atoms in total. The third-order valence-corrected chi connectivity index (χ3v) is 3.31. The highest BCUT2D eigenvalue weighted by Crippen LogP contribution is 2.28. The number of hydrogen-bond donors (Lipinski definition) is 1. The van der Waals surface area contributed by atoms with Gasteiger partial charge in [0, 0.05) is 24.3 Å². The molecule has 0 aromatic carbocycles. The van der Waals surface area contributed by atoms with Crippen LogP contribution in [0.2, 0.25) is 0 Å². The molecule has 1 aliphatic rings. The fraction of sp³-hybridized carbons (Fsp3) is 0.615. The van der Waals surface area contributed by atoms with Crippen molar-refractivity contribution >= 4 is 0 Å². The summed E-state index contributed by atoms with van der Waals surface area (Å²) in [5, 5.41) is 7.98. The van der Waals surface area contributed by atoms with Crippen LogP contribution in [0.1, 0.15) is 43.5 Å². The topological polar surface area (TPSA) is 29.9 Å². The minimum atomic E-state index is 0.516. The lowest BCUT2D eigenvalue weighted by atomic mass is 9.93. The van der Waals surface area contributed by atoms with E-state index in [0.29, 0.717) is 6.04 Å². The van der Waals surface area contributed by atoms with E-state index >= 15 is 0 Å². The van der Waals surface area contributed by atoms with Gasteiger partial charge in [0.2, 0.25) is 0 Å². The van der Waals surface area contributed by atoms with Gasteiger partial charge >= 0.3 is 0 Å². The molecule has 2 rings (SSSR count). The van der Waals surface area contributed by atoms with Gasteiger partial charge in [-0.3, -0.25) is 4.68 Å². The van der Waals surface area contributed by atoms with Crippen LogP contribution in [-0.2, 0) is 13.5 Å². The highest BCUT2D eigenvalue weighted by atomic mass is 15.3. The molecule has 1 N–H and O–H groups in total. The van der Waals surface area contributed by atoms with E-state index in [1.54, 1.807) is 0 Å². The summed E-state index contributed by atoms with van der Waals surface area (Å²) >= 11 is 0. The Morgan fingerprint density at radius 1 is 1.62 bits per heavy atom. The predicted octanol–water partition coefficient (Wildman–Crippen LogP) is 2.35. The Balaban J connectivity index is 1.96. The third kappa shape index (κ3) is 2.35. The number of allylic oxidation sites excluding steroid dienone is 1. The van der Waals surface area contributed by atoms with Gasteiger partial charge in [-0.15, -0.1) is 0 Å². The van der Waals surface area contributed by atoms with Gasteiger partial charge < -0.3 is 5.32 Å². The van der Waals surface area contributed by atoms with Crippen LogP contribution in [0.5, 0.6) is 0 Å². The van der Waals surface area contributed by atoms with E-state index in [0.717, 1.165) is 13.0 Å². The van der Waals surface area contributed by atoms with Crippen LogP contribution in [-0.4, -0.2) is 16.3 Å². The van der Waals surface area contributed by atoms with Crippen molar-refractivity contribution in [1.29, 1.82) is 0 Å². The summed E-state index contributed by atoms with van der Waals surface area (Å²) in [7, 11) is 2.04. The van der Waals surface area contributed by atoms with Crippen LogP contribution in [0.25, 0.3) is 0 Å². The van der Waals surface area contributed by atoms with E-state index in [9.17, 15) is 0 Å². The van der Waals surface area contributed by atoms with Gasteiger partial charge in [0.25, 0.3) is 0 Å². The Morgan fingerprint density at radius 2 is 2.50 bits per heavy atom. The number of hydrogen-bond acceptors (Lipinski definition) is 2. The Bertz CT molecular complexity index is 365. The number of nitrogens with one attached hydrogen (secondary N) is 1. The molecule has 0 amide bonds. The molecular weight excluding hydrogens is 198 g/mol. The highest BCUT2D eigenvalue weighted by Gasteiger charge is 2.22. The van der Waals surface area contributed by atoms with Crippen molar-refractivity contribution < 1.29 is 0 Å². The first-order valence-corrected chi connectivity index (χ1v) is 6.18. The van der Waals surface area contributed by atoms with Crippen molar-refractivity contribution in [3.05, 3.63) is 29.6 Å². The van der Waals surface area contributed by atoms with Crippen molar-refractivity contribution in [2.75, 3.05) is 6.54 Å². The zero-order chi connectivity index (χ0) is 11.4. The minimum Gasteiger partial charge on any atom is -0.310 e. The van der Waals surface area contributed by atoms with Gasteiger partial charge in [-0.1, -0.05) is 12.2 Å². The molecule has 0 saturated heterocycles. The first kappa shape index (κ1) is 11.4. The van der Waals surface area contributed by atoms with Crippen molar-refractivity contribution in [2.24, 2.45) is 7.05 Å². The average molecular weight is 219 g/mol. The quantitative estimate of drug-likeness (QED) is 0.622. The Kier molecular flexibility index (Phi) is 3.78. The molecule has 0 saturated carbocycles. The van der Waals surface area contributed by atoms with Crippen LogP contribution in [0.3, 0.4) is 0 Å². The van der Waals surface area contributed by atoms with E-state index in [-0.39, 0.29) is 0 Å². The summed E-state index contributed by atoms with van der Waals surface area (Å²) < 4.78 is 2.02. The van der Waals surface area contributed by atoms with E-state index in [2.05, 4.69) is 29.5 Å². The molecule has 0 bridgehead atoms. The molecule has 1 unspecified atom stereocenters. The van der Waals surface area contributed by atoms with Crippen LogP contribution in [0, 0.1) is 0 Å². The Hall–Kier alpha value is -1.09. The first-order valence-electron chi connectivity index (χ1n) is 6.18. The molecule has 88 valence electrons. The van der Waals surface area contributed by atoms with Crippen molar-refractivity contribution in [2.45, 2.75) is 38.6 Å². The molecule has 1 aromatic rings. The van der Waals surface area contributed by atoms with Gasteiger partial charge in [0.05, 0.1) is 6.20 Å². The predicted molar refractivity (Wildman–Crippen MR) is 66.3 cm³/mol. The fourth-order valence-corrected chi connectivity index (χ4v) is 2.43. The summed E-state index contributed by atoms with van der Waals surface area (Å²) in [5.41, 5.74) is 2.82. The maximum Gasteiger partial charge on any atom is 0.0540 e. The second-order valence-electron chi connectivity index (χ2n) is 4.43. The number of fused-ring (bicyclic) bond motifs is 1. The lowest BCUT2D eigenvalue weighted by Crippen LogP contribution is -2.25. The van der Waals surface area contributed by atoms with E-state index in [1.165, 1.54) is 30.5 Å². The standard InChI is InChI=1S/C13H21N3/c1-3-4-5-9-14-12-7-6-8-13-11(12)10-15-16(13)2/h3-4,10,12,14H,5-9H2,1-2H3/b4-3+. The van der Waals surface area contributed by atoms with Crippen LogP contribution < -0.4 is 5.32 Å². The van der Waals surface area contributed by atoms with Crippen molar-refractivity contribution in [1.82, 2.24) is 15.1 Å². The van der Waals surface area contributed by atoms with Crippen LogP contribution >= 0.6 is 0 Å². The molecule has 16 heavy (non-hydrogen) atoms. The molecule has 1 aliphatic carbocycles. The number of aryl methyl sites for hydroxylation is 1. The van der Waals surface area contributed by atoms with Gasteiger partial charge in [-0.25, -0.2) is 0 Å². The summed E-state index contributed by atoms with van der Waals surface area (Å²) in [5.74, 6) is 0.